The van der Waals surface area contributed by atoms with Crippen LogP contribution in [0.2, 0.25) is 5.02 Å². The lowest BCUT2D eigenvalue weighted by atomic mass is 10.2. The zero-order valence-corrected chi connectivity index (χ0v) is 16.8. The quantitative estimate of drug-likeness (QED) is 0.681. The van der Waals surface area contributed by atoms with Crippen molar-refractivity contribution in [2.24, 2.45) is 0 Å². The minimum absolute atomic E-state index is 0.109. The molecule has 0 spiro atoms. The topological polar surface area (TPSA) is 87.7 Å². The van der Waals surface area contributed by atoms with Crippen LogP contribution in [0.3, 0.4) is 0 Å². The maximum atomic E-state index is 13.3. The molecular weight excluding hydrogens is 413 g/mol. The van der Waals surface area contributed by atoms with E-state index in [0.29, 0.717) is 22.8 Å². The molecule has 1 aliphatic rings. The fourth-order valence-corrected chi connectivity index (χ4v) is 3.09. The van der Waals surface area contributed by atoms with Gasteiger partial charge in [-0.05, 0) is 37.3 Å². The first-order chi connectivity index (χ1) is 14.4. The van der Waals surface area contributed by atoms with Crippen LogP contribution in [0.15, 0.2) is 54.2 Å². The van der Waals surface area contributed by atoms with Crippen LogP contribution in [-0.4, -0.2) is 30.9 Å². The number of fused-ring (bicyclic) bond motifs is 1. The number of rotatable bonds is 6. The molecule has 0 saturated carbocycles. The molecule has 0 aromatic heterocycles. The molecule has 2 aromatic rings. The summed E-state index contributed by atoms with van der Waals surface area (Å²) in [5.74, 6) is -2.04. The van der Waals surface area contributed by atoms with Crippen LogP contribution >= 0.6 is 11.6 Å². The van der Waals surface area contributed by atoms with Gasteiger partial charge in [0.25, 0.3) is 5.91 Å². The molecule has 2 N–H and O–H groups in total. The van der Waals surface area contributed by atoms with Crippen molar-refractivity contribution in [1.29, 1.82) is 0 Å². The van der Waals surface area contributed by atoms with Gasteiger partial charge in [-0.2, -0.15) is 0 Å². The number of benzene rings is 2. The second kappa shape index (κ2) is 9.41. The minimum atomic E-state index is -0.600. The number of nitrogens with one attached hydrogen (secondary N) is 2. The van der Waals surface area contributed by atoms with Gasteiger partial charge in [-0.1, -0.05) is 23.7 Å². The van der Waals surface area contributed by atoms with Crippen LogP contribution in [0, 0.1) is 5.82 Å². The monoisotopic (exact) mass is 431 g/mol. The Morgan fingerprint density at radius 3 is 2.73 bits per heavy atom. The van der Waals surface area contributed by atoms with Crippen molar-refractivity contribution in [3.8, 4) is 0 Å². The van der Waals surface area contributed by atoms with E-state index in [-0.39, 0.29) is 24.6 Å². The first-order valence-corrected chi connectivity index (χ1v) is 9.54. The van der Waals surface area contributed by atoms with E-state index in [9.17, 15) is 18.8 Å². The Labute approximate surface area is 177 Å². The molecule has 0 unspecified atom stereocenters. The Balaban J connectivity index is 1.81. The van der Waals surface area contributed by atoms with Crippen LogP contribution in [0.5, 0.6) is 0 Å². The van der Waals surface area contributed by atoms with E-state index >= 15 is 0 Å². The molecule has 1 heterocycles. The molecule has 1 aliphatic heterocycles. The highest BCUT2D eigenvalue weighted by Gasteiger charge is 2.25. The van der Waals surface area contributed by atoms with E-state index in [1.165, 1.54) is 23.1 Å². The molecule has 0 fully saturated rings. The van der Waals surface area contributed by atoms with Gasteiger partial charge in [-0.3, -0.25) is 19.3 Å². The van der Waals surface area contributed by atoms with Crippen molar-refractivity contribution in [3.63, 3.8) is 0 Å². The summed E-state index contributed by atoms with van der Waals surface area (Å²) in [6, 6.07) is 10.7. The second-order valence-corrected chi connectivity index (χ2v) is 6.80. The molecular formula is C21H19ClFN3O4. The summed E-state index contributed by atoms with van der Waals surface area (Å²) < 4.78 is 18.2. The molecule has 0 radical (unpaired) electrons. The van der Waals surface area contributed by atoms with E-state index < -0.39 is 23.6 Å². The van der Waals surface area contributed by atoms with Gasteiger partial charge in [0.1, 0.15) is 12.4 Å². The molecule has 2 aromatic carbocycles. The van der Waals surface area contributed by atoms with Gasteiger partial charge < -0.3 is 15.4 Å². The van der Waals surface area contributed by atoms with Gasteiger partial charge >= 0.3 is 5.97 Å². The van der Waals surface area contributed by atoms with Crippen LogP contribution in [0.1, 0.15) is 13.3 Å². The molecule has 0 bridgehead atoms. The van der Waals surface area contributed by atoms with Gasteiger partial charge in [0.15, 0.2) is 0 Å². The normalized spacial score (nSPS) is 13.0. The van der Waals surface area contributed by atoms with Gasteiger partial charge in [-0.15, -0.1) is 0 Å². The molecule has 2 amide bonds. The first kappa shape index (κ1) is 21.3. The Bertz CT molecular complexity index is 1030. The molecule has 156 valence electrons. The van der Waals surface area contributed by atoms with E-state index in [4.69, 9.17) is 16.3 Å². The third kappa shape index (κ3) is 5.15. The van der Waals surface area contributed by atoms with Gasteiger partial charge in [-0.25, -0.2) is 4.39 Å². The lowest BCUT2D eigenvalue weighted by Gasteiger charge is -2.21. The number of hydrogen-bond acceptors (Lipinski definition) is 5. The largest absolute Gasteiger partial charge is 0.466 e. The zero-order chi connectivity index (χ0) is 21.7. The smallest absolute Gasteiger partial charge is 0.311 e. The summed E-state index contributed by atoms with van der Waals surface area (Å²) in [5.41, 5.74) is 1.71. The molecule has 0 aliphatic carbocycles. The van der Waals surface area contributed by atoms with Gasteiger partial charge in [0, 0.05) is 17.5 Å². The summed E-state index contributed by atoms with van der Waals surface area (Å²) in [6.45, 7) is 1.63. The van der Waals surface area contributed by atoms with Crippen LogP contribution < -0.4 is 15.5 Å². The average Bonchev–Trinajstić information content (AvgIpc) is 2.81. The number of esters is 1. The van der Waals surface area contributed by atoms with E-state index in [0.717, 1.165) is 6.07 Å². The summed E-state index contributed by atoms with van der Waals surface area (Å²) >= 11 is 5.74. The number of ether oxygens (including phenoxy) is 1. The van der Waals surface area contributed by atoms with Crippen molar-refractivity contribution in [2.75, 3.05) is 28.7 Å². The SMILES string of the molecule is CCOC(=O)CC1=CC(=O)N(CC(=O)Nc2ccc(F)c(Cl)c2)c2ccccc2N1. The molecule has 0 atom stereocenters. The number of halogens is 2. The summed E-state index contributed by atoms with van der Waals surface area (Å²) in [4.78, 5) is 38.5. The predicted octanol–water partition coefficient (Wildman–Crippen LogP) is 3.71. The van der Waals surface area contributed by atoms with Crippen molar-refractivity contribution in [3.05, 3.63) is 65.1 Å². The third-order valence-electron chi connectivity index (χ3n) is 4.20. The van der Waals surface area contributed by atoms with Crippen LogP contribution in [0.25, 0.3) is 0 Å². The number of amides is 2. The molecule has 9 heteroatoms. The van der Waals surface area contributed by atoms with Crippen LogP contribution in [-0.2, 0) is 19.1 Å². The number of para-hydroxylation sites is 2. The number of carbonyl (C=O) groups excluding carboxylic acids is 3. The Hall–Kier alpha value is -3.39. The Kier molecular flexibility index (Phi) is 6.68. The average molecular weight is 432 g/mol. The van der Waals surface area contributed by atoms with Crippen molar-refractivity contribution in [2.45, 2.75) is 13.3 Å². The highest BCUT2D eigenvalue weighted by molar-refractivity contribution is 6.31. The highest BCUT2D eigenvalue weighted by Crippen LogP contribution is 2.30. The van der Waals surface area contributed by atoms with Crippen molar-refractivity contribution >= 4 is 46.4 Å². The molecule has 3 rings (SSSR count). The predicted molar refractivity (Wildman–Crippen MR) is 112 cm³/mol. The van der Waals surface area contributed by atoms with E-state index in [1.807, 2.05) is 0 Å². The van der Waals surface area contributed by atoms with Gasteiger partial charge in [0.05, 0.1) is 29.4 Å². The van der Waals surface area contributed by atoms with E-state index in [2.05, 4.69) is 10.6 Å². The number of anilines is 3. The Morgan fingerprint density at radius 1 is 1.23 bits per heavy atom. The molecule has 7 nitrogen and oxygen atoms in total. The summed E-state index contributed by atoms with van der Waals surface area (Å²) in [5, 5.41) is 5.52. The minimum Gasteiger partial charge on any atom is -0.466 e. The third-order valence-corrected chi connectivity index (χ3v) is 4.49. The molecule has 0 saturated heterocycles. The fraction of sp³-hybridized carbons (Fsp3) is 0.190. The number of hydrogen-bond donors (Lipinski definition) is 2. The lowest BCUT2D eigenvalue weighted by Crippen LogP contribution is -2.37. The second-order valence-electron chi connectivity index (χ2n) is 6.39. The summed E-state index contributed by atoms with van der Waals surface area (Å²) in [6.07, 6.45) is 1.15. The maximum absolute atomic E-state index is 13.3. The molecule has 30 heavy (non-hydrogen) atoms. The van der Waals surface area contributed by atoms with Crippen molar-refractivity contribution < 1.29 is 23.5 Å². The highest BCUT2D eigenvalue weighted by atomic mass is 35.5. The zero-order valence-electron chi connectivity index (χ0n) is 16.1. The van der Waals surface area contributed by atoms with E-state index in [1.54, 1.807) is 31.2 Å². The Morgan fingerprint density at radius 2 is 2.00 bits per heavy atom. The standard InChI is InChI=1S/C21H19ClFN3O4/c1-2-30-21(29)11-14-10-20(28)26(18-6-4-3-5-17(18)24-14)12-19(27)25-13-7-8-16(23)15(22)9-13/h3-10,24H,2,11-12H2,1H3,(H,25,27). The summed E-state index contributed by atoms with van der Waals surface area (Å²) in [7, 11) is 0. The van der Waals surface area contributed by atoms with Crippen LogP contribution in [0.4, 0.5) is 21.5 Å². The number of carbonyl (C=O) groups is 3. The fourth-order valence-electron chi connectivity index (χ4n) is 2.91. The number of nitrogens with zero attached hydrogens (tertiary/aromatic N) is 1. The maximum Gasteiger partial charge on any atom is 0.311 e. The first-order valence-electron chi connectivity index (χ1n) is 9.16. The van der Waals surface area contributed by atoms with Crippen molar-refractivity contribution in [1.82, 2.24) is 0 Å². The van der Waals surface area contributed by atoms with Gasteiger partial charge in [0.2, 0.25) is 5.91 Å². The lowest BCUT2D eigenvalue weighted by molar-refractivity contribution is -0.142.